The Morgan fingerprint density at radius 2 is 2.17 bits per heavy atom. The first-order chi connectivity index (χ1) is 11.1. The van der Waals surface area contributed by atoms with Gasteiger partial charge in [-0.1, -0.05) is 24.2 Å². The monoisotopic (exact) mass is 334 g/mol. The molecule has 1 saturated heterocycles. The Morgan fingerprint density at radius 1 is 1.35 bits per heavy atom. The summed E-state index contributed by atoms with van der Waals surface area (Å²) in [6, 6.07) is 3.78. The summed E-state index contributed by atoms with van der Waals surface area (Å²) in [5.41, 5.74) is 0.887. The van der Waals surface area contributed by atoms with Crippen molar-refractivity contribution >= 4 is 17.2 Å². The first-order valence-electron chi connectivity index (χ1n) is 8.07. The molecular formula is C17H22N2O3S. The SMILES string of the molecule is Cc1sc(=O)n(CC(=O)N2CCCCCC2c2ccco2)c1C. The lowest BCUT2D eigenvalue weighted by Gasteiger charge is -2.29. The van der Waals surface area contributed by atoms with Crippen molar-refractivity contribution in [1.29, 1.82) is 0 Å². The van der Waals surface area contributed by atoms with Gasteiger partial charge in [0.05, 0.1) is 12.3 Å². The molecule has 23 heavy (non-hydrogen) atoms. The third kappa shape index (κ3) is 3.27. The fraction of sp³-hybridized carbons (Fsp3) is 0.529. The van der Waals surface area contributed by atoms with E-state index in [0.29, 0.717) is 0 Å². The summed E-state index contributed by atoms with van der Waals surface area (Å²) in [6.07, 6.45) is 5.78. The molecule has 0 spiro atoms. The number of nitrogens with zero attached hydrogens (tertiary/aromatic N) is 2. The number of rotatable bonds is 3. The van der Waals surface area contributed by atoms with Crippen molar-refractivity contribution in [3.8, 4) is 0 Å². The number of hydrogen-bond donors (Lipinski definition) is 0. The van der Waals surface area contributed by atoms with E-state index in [1.807, 2.05) is 30.9 Å². The highest BCUT2D eigenvalue weighted by atomic mass is 32.1. The van der Waals surface area contributed by atoms with Gasteiger partial charge in [-0.2, -0.15) is 0 Å². The second-order valence-corrected chi connectivity index (χ2v) is 7.23. The maximum Gasteiger partial charge on any atom is 0.308 e. The van der Waals surface area contributed by atoms with Crippen LogP contribution >= 0.6 is 11.3 Å². The number of carbonyl (C=O) groups is 1. The van der Waals surface area contributed by atoms with E-state index in [4.69, 9.17) is 4.42 Å². The van der Waals surface area contributed by atoms with Gasteiger partial charge in [0.15, 0.2) is 0 Å². The van der Waals surface area contributed by atoms with E-state index in [1.54, 1.807) is 10.8 Å². The lowest BCUT2D eigenvalue weighted by molar-refractivity contribution is -0.134. The lowest BCUT2D eigenvalue weighted by atomic mass is 10.1. The van der Waals surface area contributed by atoms with Crippen LogP contribution < -0.4 is 4.87 Å². The van der Waals surface area contributed by atoms with E-state index >= 15 is 0 Å². The second kappa shape index (κ2) is 6.74. The van der Waals surface area contributed by atoms with Gasteiger partial charge in [0, 0.05) is 17.1 Å². The van der Waals surface area contributed by atoms with Crippen LogP contribution in [0.3, 0.4) is 0 Å². The highest BCUT2D eigenvalue weighted by Gasteiger charge is 2.29. The molecule has 5 nitrogen and oxygen atoms in total. The minimum Gasteiger partial charge on any atom is -0.467 e. The summed E-state index contributed by atoms with van der Waals surface area (Å²) in [4.78, 5) is 27.7. The predicted molar refractivity (Wildman–Crippen MR) is 89.7 cm³/mol. The zero-order valence-corrected chi connectivity index (χ0v) is 14.4. The topological polar surface area (TPSA) is 55.5 Å². The van der Waals surface area contributed by atoms with Gasteiger partial charge in [0.1, 0.15) is 12.3 Å². The number of carbonyl (C=O) groups excluding carboxylic acids is 1. The van der Waals surface area contributed by atoms with Crippen LogP contribution in [0.15, 0.2) is 27.6 Å². The van der Waals surface area contributed by atoms with E-state index in [1.165, 1.54) is 11.3 Å². The van der Waals surface area contributed by atoms with E-state index in [0.717, 1.165) is 48.6 Å². The minimum absolute atomic E-state index is 0.00343. The van der Waals surface area contributed by atoms with Crippen molar-refractivity contribution in [2.45, 2.75) is 52.1 Å². The first-order valence-corrected chi connectivity index (χ1v) is 8.89. The molecule has 0 bridgehead atoms. The number of likely N-dealkylation sites (tertiary alicyclic amines) is 1. The van der Waals surface area contributed by atoms with Crippen LogP contribution in [0.25, 0.3) is 0 Å². The fourth-order valence-electron chi connectivity index (χ4n) is 3.18. The summed E-state index contributed by atoms with van der Waals surface area (Å²) >= 11 is 1.21. The largest absolute Gasteiger partial charge is 0.467 e. The molecule has 0 radical (unpaired) electrons. The molecule has 0 saturated carbocycles. The first kappa shape index (κ1) is 16.1. The van der Waals surface area contributed by atoms with Gasteiger partial charge in [0.2, 0.25) is 5.91 Å². The molecule has 2 aromatic rings. The van der Waals surface area contributed by atoms with Crippen molar-refractivity contribution in [3.05, 3.63) is 44.4 Å². The van der Waals surface area contributed by atoms with E-state index in [-0.39, 0.29) is 23.4 Å². The van der Waals surface area contributed by atoms with Crippen molar-refractivity contribution in [2.24, 2.45) is 0 Å². The van der Waals surface area contributed by atoms with Gasteiger partial charge in [0.25, 0.3) is 0 Å². The van der Waals surface area contributed by atoms with E-state index in [2.05, 4.69) is 0 Å². The molecule has 1 aliphatic heterocycles. The number of aromatic nitrogens is 1. The molecule has 124 valence electrons. The van der Waals surface area contributed by atoms with Gasteiger partial charge in [-0.05, 0) is 38.8 Å². The molecule has 1 fully saturated rings. The summed E-state index contributed by atoms with van der Waals surface area (Å²) in [5.74, 6) is 0.835. The lowest BCUT2D eigenvalue weighted by Crippen LogP contribution is -2.38. The molecule has 6 heteroatoms. The van der Waals surface area contributed by atoms with Crippen molar-refractivity contribution in [2.75, 3.05) is 6.54 Å². The van der Waals surface area contributed by atoms with Crippen LogP contribution in [0.2, 0.25) is 0 Å². The average molecular weight is 334 g/mol. The molecule has 0 N–H and O–H groups in total. The van der Waals surface area contributed by atoms with Crippen molar-refractivity contribution in [1.82, 2.24) is 9.47 Å². The van der Waals surface area contributed by atoms with Crippen LogP contribution in [-0.2, 0) is 11.3 Å². The normalized spacial score (nSPS) is 18.9. The molecule has 1 amide bonds. The van der Waals surface area contributed by atoms with Crippen molar-refractivity contribution < 1.29 is 9.21 Å². The number of amides is 1. The predicted octanol–water partition coefficient (Wildman–Crippen LogP) is 3.26. The van der Waals surface area contributed by atoms with Gasteiger partial charge in [-0.3, -0.25) is 14.2 Å². The summed E-state index contributed by atoms with van der Waals surface area (Å²) < 4.78 is 7.14. The Bertz CT molecular complexity index is 730. The van der Waals surface area contributed by atoms with Gasteiger partial charge >= 0.3 is 4.87 Å². The van der Waals surface area contributed by atoms with Gasteiger partial charge in [-0.15, -0.1) is 0 Å². The summed E-state index contributed by atoms with van der Waals surface area (Å²) in [7, 11) is 0. The molecule has 1 aliphatic rings. The highest BCUT2D eigenvalue weighted by Crippen LogP contribution is 2.30. The quantitative estimate of drug-likeness (QED) is 0.866. The van der Waals surface area contributed by atoms with Gasteiger partial charge in [-0.25, -0.2) is 0 Å². The van der Waals surface area contributed by atoms with Crippen LogP contribution in [0, 0.1) is 13.8 Å². The molecule has 0 aromatic carbocycles. The molecule has 3 heterocycles. The molecule has 1 atom stereocenters. The maximum atomic E-state index is 12.9. The number of aryl methyl sites for hydroxylation is 1. The Balaban J connectivity index is 1.84. The van der Waals surface area contributed by atoms with Gasteiger partial charge < -0.3 is 9.32 Å². The molecule has 3 rings (SSSR count). The number of hydrogen-bond acceptors (Lipinski definition) is 4. The van der Waals surface area contributed by atoms with Crippen LogP contribution in [0.1, 0.15) is 48.1 Å². The Kier molecular flexibility index (Phi) is 4.71. The van der Waals surface area contributed by atoms with Crippen LogP contribution in [0.4, 0.5) is 0 Å². The Hall–Kier alpha value is -1.82. The van der Waals surface area contributed by atoms with Crippen LogP contribution in [0.5, 0.6) is 0 Å². The summed E-state index contributed by atoms with van der Waals surface area (Å²) in [5, 5.41) is 0. The Labute approximate surface area is 139 Å². The van der Waals surface area contributed by atoms with E-state index in [9.17, 15) is 9.59 Å². The second-order valence-electron chi connectivity index (χ2n) is 6.06. The third-order valence-electron chi connectivity index (χ3n) is 4.61. The minimum atomic E-state index is -0.0577. The number of thiazole rings is 1. The molecule has 1 unspecified atom stereocenters. The Morgan fingerprint density at radius 3 is 2.83 bits per heavy atom. The summed E-state index contributed by atoms with van der Waals surface area (Å²) in [6.45, 7) is 4.65. The zero-order valence-electron chi connectivity index (χ0n) is 13.6. The average Bonchev–Trinajstić information content (AvgIpc) is 3.04. The third-order valence-corrected chi connectivity index (χ3v) is 5.61. The van der Waals surface area contributed by atoms with E-state index < -0.39 is 0 Å². The molecule has 2 aromatic heterocycles. The van der Waals surface area contributed by atoms with Crippen LogP contribution in [-0.4, -0.2) is 21.9 Å². The molecule has 0 aliphatic carbocycles. The molecular weight excluding hydrogens is 312 g/mol. The standard InChI is InChI=1S/C17H22N2O3S/c1-12-13(2)23-17(21)19(12)11-16(20)18-9-5-3-4-7-14(18)15-8-6-10-22-15/h6,8,10,14H,3-5,7,9,11H2,1-2H3. The zero-order chi connectivity index (χ0) is 16.4. The maximum absolute atomic E-state index is 12.9. The van der Waals surface area contributed by atoms with Crippen molar-refractivity contribution in [3.63, 3.8) is 0 Å². The number of furan rings is 1. The smallest absolute Gasteiger partial charge is 0.308 e. The highest BCUT2D eigenvalue weighted by molar-refractivity contribution is 7.09. The fourth-order valence-corrected chi connectivity index (χ4v) is 4.01.